The molecule has 0 aliphatic heterocycles. The molecule has 1 atom stereocenters. The molecule has 0 aliphatic rings. The molecule has 0 saturated carbocycles. The number of benzene rings is 1. The highest BCUT2D eigenvalue weighted by atomic mass is 16.1. The van der Waals surface area contributed by atoms with Gasteiger partial charge in [0.2, 0.25) is 0 Å². The molecular weight excluding hydrogens is 236 g/mol. The summed E-state index contributed by atoms with van der Waals surface area (Å²) in [6.45, 7) is 13.3. The third kappa shape index (κ3) is 4.27. The van der Waals surface area contributed by atoms with Crippen LogP contribution in [0.15, 0.2) is 18.2 Å². The average Bonchev–Trinajstić information content (AvgIpc) is 2.27. The van der Waals surface area contributed by atoms with Crippen molar-refractivity contribution < 1.29 is 4.79 Å². The minimum Gasteiger partial charge on any atom is -0.385 e. The van der Waals surface area contributed by atoms with E-state index in [1.165, 1.54) is 0 Å². The summed E-state index contributed by atoms with van der Waals surface area (Å²) in [6, 6.07) is 5.98. The molecule has 19 heavy (non-hydrogen) atoms. The predicted octanol–water partition coefficient (Wildman–Crippen LogP) is 3.59. The normalized spacial score (nSPS) is 12.9. The van der Waals surface area contributed by atoms with Gasteiger partial charge in [0, 0.05) is 23.8 Å². The van der Waals surface area contributed by atoms with Gasteiger partial charge in [0.05, 0.1) is 0 Å². The molecule has 1 rings (SSSR count). The van der Waals surface area contributed by atoms with Crippen LogP contribution in [-0.4, -0.2) is 18.5 Å². The molecule has 0 radical (unpaired) electrons. The first kappa shape index (κ1) is 15.5. The van der Waals surface area contributed by atoms with Crippen molar-refractivity contribution in [1.29, 1.82) is 0 Å². The molecule has 0 aliphatic carbocycles. The summed E-state index contributed by atoms with van der Waals surface area (Å²) in [5.41, 5.74) is 2.86. The highest BCUT2D eigenvalue weighted by molar-refractivity contribution is 5.96. The van der Waals surface area contributed by atoms with Gasteiger partial charge in [0.15, 0.2) is 0 Å². The molecule has 106 valence electrons. The van der Waals surface area contributed by atoms with Crippen molar-refractivity contribution in [3.8, 4) is 0 Å². The summed E-state index contributed by atoms with van der Waals surface area (Å²) in [7, 11) is 0. The Labute approximate surface area is 116 Å². The summed E-state index contributed by atoms with van der Waals surface area (Å²) < 4.78 is 0. The number of anilines is 1. The van der Waals surface area contributed by atoms with Crippen LogP contribution >= 0.6 is 0 Å². The molecule has 1 amide bonds. The van der Waals surface area contributed by atoms with Gasteiger partial charge in [-0.2, -0.15) is 0 Å². The Morgan fingerprint density at radius 1 is 1.32 bits per heavy atom. The zero-order valence-corrected chi connectivity index (χ0v) is 12.9. The molecule has 3 nitrogen and oxygen atoms in total. The average molecular weight is 262 g/mol. The van der Waals surface area contributed by atoms with Gasteiger partial charge in [-0.25, -0.2) is 0 Å². The van der Waals surface area contributed by atoms with Gasteiger partial charge >= 0.3 is 0 Å². The summed E-state index contributed by atoms with van der Waals surface area (Å²) in [5.74, 6) is 0.00275. The zero-order valence-electron chi connectivity index (χ0n) is 12.9. The van der Waals surface area contributed by atoms with Crippen molar-refractivity contribution in [2.45, 2.75) is 47.6 Å². The maximum Gasteiger partial charge on any atom is 0.251 e. The fourth-order valence-electron chi connectivity index (χ4n) is 1.72. The lowest BCUT2D eigenvalue weighted by atomic mass is 9.88. The topological polar surface area (TPSA) is 41.1 Å². The van der Waals surface area contributed by atoms with Gasteiger partial charge in [-0.1, -0.05) is 20.8 Å². The summed E-state index contributed by atoms with van der Waals surface area (Å²) in [4.78, 5) is 12.3. The molecule has 2 N–H and O–H groups in total. The van der Waals surface area contributed by atoms with Crippen LogP contribution in [0.5, 0.6) is 0 Å². The van der Waals surface area contributed by atoms with E-state index < -0.39 is 0 Å². The van der Waals surface area contributed by atoms with Crippen molar-refractivity contribution in [3.05, 3.63) is 29.3 Å². The van der Waals surface area contributed by atoms with E-state index in [4.69, 9.17) is 0 Å². The lowest BCUT2D eigenvalue weighted by Crippen LogP contribution is -2.41. The Kier molecular flexibility index (Phi) is 4.98. The second-order valence-corrected chi connectivity index (χ2v) is 6.12. The lowest BCUT2D eigenvalue weighted by molar-refractivity contribution is 0.0909. The first-order valence-electron chi connectivity index (χ1n) is 6.91. The van der Waals surface area contributed by atoms with Crippen LogP contribution in [0.25, 0.3) is 0 Å². The first-order chi connectivity index (χ1) is 8.75. The van der Waals surface area contributed by atoms with Gasteiger partial charge in [0.25, 0.3) is 5.91 Å². The Balaban J connectivity index is 2.83. The smallest absolute Gasteiger partial charge is 0.251 e. The Morgan fingerprint density at radius 3 is 2.42 bits per heavy atom. The van der Waals surface area contributed by atoms with E-state index in [9.17, 15) is 4.79 Å². The van der Waals surface area contributed by atoms with Crippen molar-refractivity contribution in [1.82, 2.24) is 5.32 Å². The molecule has 0 saturated heterocycles. The fraction of sp³-hybridized carbons (Fsp3) is 0.562. The van der Waals surface area contributed by atoms with Crippen molar-refractivity contribution >= 4 is 11.6 Å². The van der Waals surface area contributed by atoms with E-state index >= 15 is 0 Å². The standard InChI is InChI=1S/C16H26N2O/c1-7-17-13-8-9-14(11(2)10-13)15(19)18-12(3)16(4,5)6/h8-10,12,17H,7H2,1-6H3,(H,18,19). The maximum atomic E-state index is 12.3. The van der Waals surface area contributed by atoms with E-state index in [2.05, 4.69) is 38.3 Å². The minimum absolute atomic E-state index is 0.00275. The van der Waals surface area contributed by atoms with Crippen LogP contribution in [-0.2, 0) is 0 Å². The van der Waals surface area contributed by atoms with Gasteiger partial charge in [-0.15, -0.1) is 0 Å². The van der Waals surface area contributed by atoms with Crippen molar-refractivity contribution in [2.24, 2.45) is 5.41 Å². The Hall–Kier alpha value is -1.51. The molecular formula is C16H26N2O. The van der Waals surface area contributed by atoms with Crippen LogP contribution in [0.3, 0.4) is 0 Å². The largest absolute Gasteiger partial charge is 0.385 e. The molecule has 0 fully saturated rings. The van der Waals surface area contributed by atoms with E-state index in [0.29, 0.717) is 0 Å². The van der Waals surface area contributed by atoms with E-state index in [0.717, 1.165) is 23.4 Å². The fourth-order valence-corrected chi connectivity index (χ4v) is 1.72. The second-order valence-electron chi connectivity index (χ2n) is 6.12. The monoisotopic (exact) mass is 262 g/mol. The van der Waals surface area contributed by atoms with E-state index in [1.54, 1.807) is 0 Å². The molecule has 0 aromatic heterocycles. The van der Waals surface area contributed by atoms with Gasteiger partial charge in [-0.3, -0.25) is 4.79 Å². The number of rotatable bonds is 4. The highest BCUT2D eigenvalue weighted by Crippen LogP contribution is 2.20. The molecule has 1 aromatic carbocycles. The quantitative estimate of drug-likeness (QED) is 0.870. The number of hydrogen-bond donors (Lipinski definition) is 2. The third-order valence-electron chi connectivity index (χ3n) is 3.50. The van der Waals surface area contributed by atoms with Gasteiger partial charge in [0.1, 0.15) is 0 Å². The number of amides is 1. The van der Waals surface area contributed by atoms with Crippen LogP contribution < -0.4 is 10.6 Å². The third-order valence-corrected chi connectivity index (χ3v) is 3.50. The summed E-state index contributed by atoms with van der Waals surface area (Å²) in [6.07, 6.45) is 0. The first-order valence-corrected chi connectivity index (χ1v) is 6.91. The van der Waals surface area contributed by atoms with E-state index in [-0.39, 0.29) is 17.4 Å². The molecule has 0 bridgehead atoms. The maximum absolute atomic E-state index is 12.3. The molecule has 3 heteroatoms. The van der Waals surface area contributed by atoms with E-state index in [1.807, 2.05) is 32.0 Å². The Morgan fingerprint density at radius 2 is 1.95 bits per heavy atom. The van der Waals surface area contributed by atoms with Crippen LogP contribution in [0.2, 0.25) is 0 Å². The number of aryl methyl sites for hydroxylation is 1. The summed E-state index contributed by atoms with van der Waals surface area (Å²) in [5, 5.41) is 6.32. The Bertz CT molecular complexity index is 447. The van der Waals surface area contributed by atoms with Gasteiger partial charge in [-0.05, 0) is 49.9 Å². The zero-order chi connectivity index (χ0) is 14.6. The van der Waals surface area contributed by atoms with Gasteiger partial charge < -0.3 is 10.6 Å². The predicted molar refractivity (Wildman–Crippen MR) is 81.7 cm³/mol. The molecule has 0 heterocycles. The minimum atomic E-state index is 0.00275. The van der Waals surface area contributed by atoms with Crippen LogP contribution in [0.1, 0.15) is 50.5 Å². The van der Waals surface area contributed by atoms with Crippen molar-refractivity contribution in [3.63, 3.8) is 0 Å². The highest BCUT2D eigenvalue weighted by Gasteiger charge is 2.22. The number of carbonyl (C=O) groups excluding carboxylic acids is 1. The van der Waals surface area contributed by atoms with Crippen LogP contribution in [0, 0.1) is 12.3 Å². The SMILES string of the molecule is CCNc1ccc(C(=O)NC(C)C(C)(C)C)c(C)c1. The van der Waals surface area contributed by atoms with Crippen LogP contribution in [0.4, 0.5) is 5.69 Å². The second kappa shape index (κ2) is 6.09. The summed E-state index contributed by atoms with van der Waals surface area (Å²) >= 11 is 0. The molecule has 0 spiro atoms. The lowest BCUT2D eigenvalue weighted by Gasteiger charge is -2.28. The number of nitrogens with one attached hydrogen (secondary N) is 2. The molecule has 1 aromatic rings. The van der Waals surface area contributed by atoms with Crippen molar-refractivity contribution in [2.75, 3.05) is 11.9 Å². The molecule has 1 unspecified atom stereocenters. The number of hydrogen-bond acceptors (Lipinski definition) is 2. The number of carbonyl (C=O) groups is 1.